The highest BCUT2D eigenvalue weighted by Gasteiger charge is 2.30. The topological polar surface area (TPSA) is 56.8 Å². The van der Waals surface area contributed by atoms with Crippen molar-refractivity contribution >= 4 is 11.7 Å². The van der Waals surface area contributed by atoms with Crippen LogP contribution in [-0.2, 0) is 19.1 Å². The molecule has 0 amide bonds. The lowest BCUT2D eigenvalue weighted by atomic mass is 10.1. The predicted molar refractivity (Wildman–Crippen MR) is 64.6 cm³/mol. The number of benzene rings is 1. The summed E-state index contributed by atoms with van der Waals surface area (Å²) in [6.07, 6.45) is 1.27. The molecule has 0 spiro atoms. The molecule has 0 bridgehead atoms. The Morgan fingerprint density at radius 1 is 1.32 bits per heavy atom. The van der Waals surface area contributed by atoms with Gasteiger partial charge < -0.3 is 14.3 Å². The number of ether oxygens (including phenoxy) is 2. The number of methoxy groups -OCH3 is 2. The van der Waals surface area contributed by atoms with E-state index in [-0.39, 0.29) is 17.1 Å². The first kappa shape index (κ1) is 12.9. The number of hydrogen-bond donors (Lipinski definition) is 1. The molecule has 5 nitrogen and oxygen atoms in total. The second kappa shape index (κ2) is 5.43. The quantitative estimate of drug-likeness (QED) is 0.666. The Morgan fingerprint density at radius 3 is 2.58 bits per heavy atom. The van der Waals surface area contributed by atoms with Crippen LogP contribution < -0.4 is 5.48 Å². The number of hydroxylamine groups is 1. The summed E-state index contributed by atoms with van der Waals surface area (Å²) in [4.78, 5) is 16.9. The molecule has 0 unspecified atom stereocenters. The highest BCUT2D eigenvalue weighted by molar-refractivity contribution is 6.01. The molecule has 1 aliphatic rings. The molecule has 0 aliphatic carbocycles. The fraction of sp³-hybridized carbons (Fsp3) is 0.154. The molecule has 2 rings (SSSR count). The molecule has 0 fully saturated rings. The third-order valence-corrected chi connectivity index (χ3v) is 2.51. The first-order chi connectivity index (χ1) is 9.17. The lowest BCUT2D eigenvalue weighted by molar-refractivity contribution is -0.135. The van der Waals surface area contributed by atoms with Gasteiger partial charge in [-0.2, -0.15) is 0 Å². The maximum absolute atomic E-state index is 12.9. The Hall–Kier alpha value is -2.50. The Balaban J connectivity index is 2.50. The number of carbonyl (C=O) groups is 1. The number of nitrogens with one attached hydrogen (secondary N) is 1. The fourth-order valence-corrected chi connectivity index (χ4v) is 1.65. The molecular formula is C13H12FNO4. The molecule has 6 heteroatoms. The van der Waals surface area contributed by atoms with Crippen molar-refractivity contribution in [2.45, 2.75) is 0 Å². The van der Waals surface area contributed by atoms with E-state index in [2.05, 4.69) is 5.48 Å². The third-order valence-electron chi connectivity index (χ3n) is 2.51. The van der Waals surface area contributed by atoms with E-state index in [1.54, 1.807) is 0 Å². The Bertz CT molecular complexity index is 548. The SMILES string of the molecule is COC=C1ONC(c2ccc(F)cc2)=C1C(=O)OC. The van der Waals surface area contributed by atoms with Gasteiger partial charge in [0.1, 0.15) is 17.7 Å². The van der Waals surface area contributed by atoms with Gasteiger partial charge in [0.05, 0.1) is 19.9 Å². The monoisotopic (exact) mass is 265 g/mol. The number of rotatable bonds is 3. The van der Waals surface area contributed by atoms with Crippen LogP contribution >= 0.6 is 0 Å². The maximum Gasteiger partial charge on any atom is 0.344 e. The van der Waals surface area contributed by atoms with Crippen LogP contribution in [0.4, 0.5) is 4.39 Å². The number of halogens is 1. The largest absolute Gasteiger partial charge is 0.500 e. The van der Waals surface area contributed by atoms with Gasteiger partial charge in [0.2, 0.25) is 5.76 Å². The Labute approximate surface area is 109 Å². The van der Waals surface area contributed by atoms with E-state index in [4.69, 9.17) is 14.3 Å². The first-order valence-electron chi connectivity index (χ1n) is 5.42. The summed E-state index contributed by atoms with van der Waals surface area (Å²) in [5.41, 5.74) is 3.79. The molecule has 1 N–H and O–H groups in total. The summed E-state index contributed by atoms with van der Waals surface area (Å²) in [5.74, 6) is -0.739. The van der Waals surface area contributed by atoms with Gasteiger partial charge >= 0.3 is 5.97 Å². The average Bonchev–Trinajstić information content (AvgIpc) is 2.83. The Kier molecular flexibility index (Phi) is 3.70. The average molecular weight is 265 g/mol. The fourth-order valence-electron chi connectivity index (χ4n) is 1.65. The van der Waals surface area contributed by atoms with Crippen molar-refractivity contribution in [2.24, 2.45) is 0 Å². The first-order valence-corrected chi connectivity index (χ1v) is 5.42. The van der Waals surface area contributed by atoms with Crippen molar-refractivity contribution in [1.82, 2.24) is 5.48 Å². The number of esters is 1. The van der Waals surface area contributed by atoms with E-state index in [1.165, 1.54) is 44.7 Å². The summed E-state index contributed by atoms with van der Waals surface area (Å²) in [5, 5.41) is 0. The van der Waals surface area contributed by atoms with Gasteiger partial charge in [-0.3, -0.25) is 0 Å². The van der Waals surface area contributed by atoms with Crippen molar-refractivity contribution in [3.63, 3.8) is 0 Å². The van der Waals surface area contributed by atoms with Crippen LogP contribution in [0.25, 0.3) is 5.70 Å². The van der Waals surface area contributed by atoms with Gasteiger partial charge in [0, 0.05) is 5.56 Å². The van der Waals surface area contributed by atoms with E-state index in [0.717, 1.165) is 0 Å². The second-order valence-corrected chi connectivity index (χ2v) is 3.67. The minimum absolute atomic E-state index is 0.191. The molecule has 1 aromatic carbocycles. The molecule has 1 aromatic rings. The molecule has 0 atom stereocenters. The van der Waals surface area contributed by atoms with Gasteiger partial charge in [-0.05, 0) is 24.3 Å². The predicted octanol–water partition coefficient (Wildman–Crippen LogP) is 1.73. The van der Waals surface area contributed by atoms with Gasteiger partial charge in [-0.25, -0.2) is 14.7 Å². The maximum atomic E-state index is 12.9. The van der Waals surface area contributed by atoms with Crippen LogP contribution in [0.2, 0.25) is 0 Å². The second-order valence-electron chi connectivity index (χ2n) is 3.67. The van der Waals surface area contributed by atoms with Crippen molar-refractivity contribution in [3.05, 3.63) is 53.2 Å². The molecular weight excluding hydrogens is 253 g/mol. The van der Waals surface area contributed by atoms with E-state index >= 15 is 0 Å². The van der Waals surface area contributed by atoms with Crippen molar-refractivity contribution in [2.75, 3.05) is 14.2 Å². The van der Waals surface area contributed by atoms with Gasteiger partial charge in [-0.15, -0.1) is 0 Å². The lowest BCUT2D eigenvalue weighted by Gasteiger charge is -2.03. The van der Waals surface area contributed by atoms with Gasteiger partial charge in [0.15, 0.2) is 0 Å². The van der Waals surface area contributed by atoms with Crippen LogP contribution in [0.15, 0.2) is 41.9 Å². The number of hydrogen-bond acceptors (Lipinski definition) is 5. The van der Waals surface area contributed by atoms with Crippen LogP contribution in [0.1, 0.15) is 5.56 Å². The van der Waals surface area contributed by atoms with E-state index in [0.29, 0.717) is 11.3 Å². The van der Waals surface area contributed by atoms with Gasteiger partial charge in [-0.1, -0.05) is 0 Å². The zero-order chi connectivity index (χ0) is 13.8. The van der Waals surface area contributed by atoms with E-state index < -0.39 is 5.97 Å². The molecule has 19 heavy (non-hydrogen) atoms. The molecule has 0 radical (unpaired) electrons. The van der Waals surface area contributed by atoms with Crippen LogP contribution in [-0.4, -0.2) is 20.2 Å². The number of carbonyl (C=O) groups excluding carboxylic acids is 1. The molecule has 0 aromatic heterocycles. The van der Waals surface area contributed by atoms with Crippen LogP contribution in [0.3, 0.4) is 0 Å². The van der Waals surface area contributed by atoms with Crippen molar-refractivity contribution in [3.8, 4) is 0 Å². The lowest BCUT2D eigenvalue weighted by Crippen LogP contribution is -2.08. The van der Waals surface area contributed by atoms with Crippen molar-refractivity contribution in [1.29, 1.82) is 0 Å². The zero-order valence-electron chi connectivity index (χ0n) is 10.4. The third kappa shape index (κ3) is 2.52. The molecule has 0 saturated carbocycles. The summed E-state index contributed by atoms with van der Waals surface area (Å²) in [6, 6.07) is 5.63. The zero-order valence-corrected chi connectivity index (χ0v) is 10.4. The van der Waals surface area contributed by atoms with Crippen molar-refractivity contribution < 1.29 is 23.5 Å². The summed E-state index contributed by atoms with van der Waals surface area (Å²) >= 11 is 0. The van der Waals surface area contributed by atoms with Gasteiger partial charge in [0.25, 0.3) is 0 Å². The Morgan fingerprint density at radius 2 is 2.00 bits per heavy atom. The summed E-state index contributed by atoms with van der Waals surface area (Å²) in [7, 11) is 2.70. The minimum Gasteiger partial charge on any atom is -0.500 e. The summed E-state index contributed by atoms with van der Waals surface area (Å²) in [6.45, 7) is 0. The van der Waals surface area contributed by atoms with E-state index in [9.17, 15) is 9.18 Å². The minimum atomic E-state index is -0.576. The highest BCUT2D eigenvalue weighted by atomic mass is 19.1. The standard InChI is InChI=1S/C13H12FNO4/c1-17-7-10-11(13(16)18-2)12(15-19-10)8-3-5-9(14)6-4-8/h3-7,15H,1-2H3. The highest BCUT2D eigenvalue weighted by Crippen LogP contribution is 2.29. The smallest absolute Gasteiger partial charge is 0.344 e. The van der Waals surface area contributed by atoms with E-state index in [1.807, 2.05) is 0 Å². The molecule has 1 aliphatic heterocycles. The molecule has 100 valence electrons. The van der Waals surface area contributed by atoms with Crippen LogP contribution in [0, 0.1) is 5.82 Å². The molecule has 0 saturated heterocycles. The normalized spacial score (nSPS) is 16.1. The molecule has 1 heterocycles. The van der Waals surface area contributed by atoms with Crippen LogP contribution in [0.5, 0.6) is 0 Å². The summed E-state index contributed by atoms with van der Waals surface area (Å²) < 4.78 is 22.4.